The molecule has 1 saturated heterocycles. The number of benzene rings is 1. The van der Waals surface area contributed by atoms with Crippen LogP contribution in [-0.2, 0) is 11.3 Å². The van der Waals surface area contributed by atoms with Gasteiger partial charge in [-0.3, -0.25) is 9.59 Å². The number of nitrogens with zero attached hydrogens (tertiary/aromatic N) is 3. The Balaban J connectivity index is 1.54. The Morgan fingerprint density at radius 1 is 1.31 bits per heavy atom. The summed E-state index contributed by atoms with van der Waals surface area (Å²) in [7, 11) is 0. The molecule has 0 saturated carbocycles. The lowest BCUT2D eigenvalue weighted by Crippen LogP contribution is -2.40. The third kappa shape index (κ3) is 3.59. The summed E-state index contributed by atoms with van der Waals surface area (Å²) in [6.45, 7) is 7.12. The van der Waals surface area contributed by atoms with E-state index in [0.29, 0.717) is 38.0 Å². The van der Waals surface area contributed by atoms with Gasteiger partial charge in [-0.1, -0.05) is 0 Å². The molecule has 0 aliphatic carbocycles. The average molecular weight is 400 g/mol. The molecule has 0 radical (unpaired) electrons. The van der Waals surface area contributed by atoms with Gasteiger partial charge in [-0.25, -0.2) is 9.49 Å². The number of aromatic nitrogens is 2. The van der Waals surface area contributed by atoms with Gasteiger partial charge in [-0.2, -0.15) is 5.10 Å². The standard InChI is InChI=1S/C21H25FN4O3/c1-12-19(10-23-24-21(12)28)26-11-15-8-18(22)20(9-17(15)13(26)2)29-16-4-6-25(7-5-16)14(3)27/h8-10,13,16H,4-7,11H2,1-3H3,(H,24,28). The summed E-state index contributed by atoms with van der Waals surface area (Å²) in [6, 6.07) is 3.28. The molecule has 29 heavy (non-hydrogen) atoms. The van der Waals surface area contributed by atoms with Gasteiger partial charge in [-0.15, -0.1) is 0 Å². The number of rotatable bonds is 3. The first-order valence-electron chi connectivity index (χ1n) is 9.90. The molecule has 1 atom stereocenters. The quantitative estimate of drug-likeness (QED) is 0.857. The molecule has 154 valence electrons. The first-order chi connectivity index (χ1) is 13.8. The van der Waals surface area contributed by atoms with E-state index in [2.05, 4.69) is 15.1 Å². The van der Waals surface area contributed by atoms with Crippen LogP contribution in [0.25, 0.3) is 0 Å². The highest BCUT2D eigenvalue weighted by Gasteiger charge is 2.31. The Morgan fingerprint density at radius 3 is 2.72 bits per heavy atom. The van der Waals surface area contributed by atoms with Gasteiger partial charge < -0.3 is 14.5 Å². The molecule has 1 unspecified atom stereocenters. The molecule has 2 aliphatic heterocycles. The molecule has 7 nitrogen and oxygen atoms in total. The smallest absolute Gasteiger partial charge is 0.269 e. The van der Waals surface area contributed by atoms with Gasteiger partial charge in [0.1, 0.15) is 6.10 Å². The van der Waals surface area contributed by atoms with E-state index in [1.54, 1.807) is 31.0 Å². The average Bonchev–Trinajstić information content (AvgIpc) is 3.00. The molecule has 0 spiro atoms. The SMILES string of the molecule is CC(=O)N1CCC(Oc2cc3c(cc2F)CN(c2cn[nH]c(=O)c2C)C3C)CC1. The minimum Gasteiger partial charge on any atom is -0.487 e. The summed E-state index contributed by atoms with van der Waals surface area (Å²) in [6.07, 6.45) is 2.91. The fourth-order valence-corrected chi connectivity index (χ4v) is 4.22. The Bertz CT molecular complexity index is 998. The van der Waals surface area contributed by atoms with Crippen LogP contribution in [0.15, 0.2) is 23.1 Å². The van der Waals surface area contributed by atoms with Gasteiger partial charge in [0, 0.05) is 45.0 Å². The van der Waals surface area contributed by atoms with Crippen molar-refractivity contribution in [3.8, 4) is 5.75 Å². The normalized spacial score (nSPS) is 19.4. The van der Waals surface area contributed by atoms with E-state index in [1.165, 1.54) is 6.07 Å². The minimum atomic E-state index is -0.382. The number of anilines is 1. The number of carbonyl (C=O) groups excluding carboxylic acids is 1. The number of hydrogen-bond acceptors (Lipinski definition) is 5. The fourth-order valence-electron chi connectivity index (χ4n) is 4.22. The van der Waals surface area contributed by atoms with E-state index in [0.717, 1.165) is 16.8 Å². The van der Waals surface area contributed by atoms with Crippen molar-refractivity contribution in [3.63, 3.8) is 0 Å². The molecule has 0 bridgehead atoms. The summed E-state index contributed by atoms with van der Waals surface area (Å²) in [5.41, 5.74) is 2.99. The number of aromatic amines is 1. The van der Waals surface area contributed by atoms with Crippen molar-refractivity contribution < 1.29 is 13.9 Å². The van der Waals surface area contributed by atoms with E-state index >= 15 is 0 Å². The van der Waals surface area contributed by atoms with Crippen LogP contribution in [0.5, 0.6) is 5.75 Å². The zero-order valence-corrected chi connectivity index (χ0v) is 16.9. The van der Waals surface area contributed by atoms with Gasteiger partial charge in [0.15, 0.2) is 11.6 Å². The Labute approximate surface area is 168 Å². The molecule has 1 amide bonds. The summed E-state index contributed by atoms with van der Waals surface area (Å²) in [4.78, 5) is 27.2. The van der Waals surface area contributed by atoms with Crippen molar-refractivity contribution >= 4 is 11.6 Å². The molecular weight excluding hydrogens is 375 g/mol. The van der Waals surface area contributed by atoms with Crippen LogP contribution >= 0.6 is 0 Å². The van der Waals surface area contributed by atoms with Gasteiger partial charge in [0.05, 0.1) is 17.9 Å². The molecule has 2 aromatic rings. The third-order valence-electron chi connectivity index (χ3n) is 6.02. The Kier molecular flexibility index (Phi) is 5.02. The highest BCUT2D eigenvalue weighted by Crippen LogP contribution is 2.40. The van der Waals surface area contributed by atoms with Gasteiger partial charge in [0.2, 0.25) is 5.91 Å². The van der Waals surface area contributed by atoms with Gasteiger partial charge >= 0.3 is 0 Å². The summed E-state index contributed by atoms with van der Waals surface area (Å²) in [5.74, 6) is -0.0716. The van der Waals surface area contributed by atoms with E-state index < -0.39 is 0 Å². The maximum Gasteiger partial charge on any atom is 0.269 e. The highest BCUT2D eigenvalue weighted by molar-refractivity contribution is 5.73. The number of likely N-dealkylation sites (tertiary alicyclic amines) is 1. The van der Waals surface area contributed by atoms with Crippen LogP contribution in [0.2, 0.25) is 0 Å². The second-order valence-corrected chi connectivity index (χ2v) is 7.82. The number of amides is 1. The lowest BCUT2D eigenvalue weighted by Gasteiger charge is -2.31. The summed E-state index contributed by atoms with van der Waals surface area (Å²) in [5, 5.41) is 6.35. The van der Waals surface area contributed by atoms with Crippen LogP contribution in [0.1, 0.15) is 49.4 Å². The number of H-pyrrole nitrogens is 1. The number of halogens is 1. The zero-order valence-electron chi connectivity index (χ0n) is 16.9. The van der Waals surface area contributed by atoms with E-state index in [9.17, 15) is 14.0 Å². The van der Waals surface area contributed by atoms with Crippen molar-refractivity contribution in [2.45, 2.75) is 52.3 Å². The predicted molar refractivity (Wildman–Crippen MR) is 106 cm³/mol. The number of ether oxygens (including phenoxy) is 1. The van der Waals surface area contributed by atoms with Crippen LogP contribution in [0, 0.1) is 12.7 Å². The largest absolute Gasteiger partial charge is 0.487 e. The second kappa shape index (κ2) is 7.50. The number of fused-ring (bicyclic) bond motifs is 1. The number of carbonyl (C=O) groups is 1. The van der Waals surface area contributed by atoms with Crippen molar-refractivity contribution in [1.29, 1.82) is 0 Å². The zero-order chi connectivity index (χ0) is 20.7. The molecule has 4 rings (SSSR count). The number of nitrogens with one attached hydrogen (secondary N) is 1. The van der Waals surface area contributed by atoms with Gasteiger partial charge in [-0.05, 0) is 37.1 Å². The van der Waals surface area contributed by atoms with Crippen LogP contribution in [0.3, 0.4) is 0 Å². The maximum atomic E-state index is 14.7. The number of hydrogen-bond donors (Lipinski definition) is 1. The second-order valence-electron chi connectivity index (χ2n) is 7.82. The van der Waals surface area contributed by atoms with E-state index in [1.807, 2.05) is 6.92 Å². The molecule has 8 heteroatoms. The van der Waals surface area contributed by atoms with Gasteiger partial charge in [0.25, 0.3) is 5.56 Å². The number of piperidine rings is 1. The minimum absolute atomic E-state index is 0.0326. The molecule has 3 heterocycles. The Morgan fingerprint density at radius 2 is 2.03 bits per heavy atom. The molecule has 1 aromatic carbocycles. The van der Waals surface area contributed by atoms with Crippen LogP contribution in [-0.4, -0.2) is 40.2 Å². The highest BCUT2D eigenvalue weighted by atomic mass is 19.1. The van der Waals surface area contributed by atoms with Crippen molar-refractivity contribution in [2.75, 3.05) is 18.0 Å². The molecular formula is C21H25FN4O3. The summed E-state index contributed by atoms with van der Waals surface area (Å²) >= 11 is 0. The molecule has 2 aliphatic rings. The third-order valence-corrected chi connectivity index (χ3v) is 6.02. The first-order valence-corrected chi connectivity index (χ1v) is 9.90. The van der Waals surface area contributed by atoms with Crippen molar-refractivity contribution in [3.05, 3.63) is 51.2 Å². The molecule has 1 fully saturated rings. The summed E-state index contributed by atoms with van der Waals surface area (Å²) < 4.78 is 20.7. The monoisotopic (exact) mass is 400 g/mol. The lowest BCUT2D eigenvalue weighted by molar-refractivity contribution is -0.130. The first kappa shape index (κ1) is 19.4. The van der Waals surface area contributed by atoms with E-state index in [4.69, 9.17) is 4.74 Å². The van der Waals surface area contributed by atoms with Crippen molar-refractivity contribution in [1.82, 2.24) is 15.1 Å². The Hall–Kier alpha value is -2.90. The van der Waals surface area contributed by atoms with Crippen LogP contribution < -0.4 is 15.2 Å². The fraction of sp³-hybridized carbons (Fsp3) is 0.476. The topological polar surface area (TPSA) is 78.5 Å². The maximum absolute atomic E-state index is 14.7. The molecule has 1 aromatic heterocycles. The van der Waals surface area contributed by atoms with Crippen LogP contribution in [0.4, 0.5) is 10.1 Å². The van der Waals surface area contributed by atoms with Crippen molar-refractivity contribution in [2.24, 2.45) is 0 Å². The van der Waals surface area contributed by atoms with E-state index in [-0.39, 0.29) is 35.2 Å². The lowest BCUT2D eigenvalue weighted by atomic mass is 10.0. The predicted octanol–water partition coefficient (Wildman–Crippen LogP) is 2.69. The molecule has 1 N–H and O–H groups in total.